The lowest BCUT2D eigenvalue weighted by atomic mass is 9.79. The Morgan fingerprint density at radius 1 is 0.875 bits per heavy atom. The Morgan fingerprint density at radius 2 is 1.42 bits per heavy atom. The number of hydrogen-bond acceptors (Lipinski definition) is 3. The van der Waals surface area contributed by atoms with Gasteiger partial charge in [0.05, 0.1) is 16.9 Å². The third-order valence-corrected chi connectivity index (χ3v) is 4.65. The molecule has 124 valence electrons. The summed E-state index contributed by atoms with van der Waals surface area (Å²) in [5.41, 5.74) is 1.96. The molecule has 1 fully saturated rings. The summed E-state index contributed by atoms with van der Waals surface area (Å²) >= 11 is 0. The monoisotopic (exact) mass is 325 g/mol. The molecule has 0 N–H and O–H groups in total. The van der Waals surface area contributed by atoms with Crippen LogP contribution in [-0.2, 0) is 9.31 Å². The van der Waals surface area contributed by atoms with Crippen molar-refractivity contribution < 1.29 is 13.7 Å². The van der Waals surface area contributed by atoms with Crippen LogP contribution in [0.15, 0.2) is 53.5 Å². The standard InChI is InChI=1S/C19H21BFNO2/c1-18(2)19(3,4)24-20(23-18)15-7-5-14(6-8-15)13-22-17-11-9-16(21)10-12-17/h5-13H,1-4H3. The van der Waals surface area contributed by atoms with Gasteiger partial charge in [-0.1, -0.05) is 24.3 Å². The van der Waals surface area contributed by atoms with Crippen molar-refractivity contribution in [3.63, 3.8) is 0 Å². The molecular weight excluding hydrogens is 304 g/mol. The predicted octanol–water partition coefficient (Wildman–Crippen LogP) is 3.88. The van der Waals surface area contributed by atoms with E-state index in [0.29, 0.717) is 5.69 Å². The first kappa shape index (κ1) is 16.9. The molecule has 5 heteroatoms. The minimum absolute atomic E-state index is 0.263. The molecule has 0 atom stereocenters. The molecule has 2 aromatic rings. The molecule has 1 aliphatic rings. The summed E-state index contributed by atoms with van der Waals surface area (Å²) in [7, 11) is -0.363. The van der Waals surface area contributed by atoms with Crippen molar-refractivity contribution in [1.82, 2.24) is 0 Å². The van der Waals surface area contributed by atoms with Crippen molar-refractivity contribution in [2.45, 2.75) is 38.9 Å². The molecule has 0 aliphatic carbocycles. The summed E-state index contributed by atoms with van der Waals surface area (Å²) in [6.07, 6.45) is 1.75. The van der Waals surface area contributed by atoms with Crippen LogP contribution in [0, 0.1) is 5.82 Å². The van der Waals surface area contributed by atoms with Crippen LogP contribution in [0.25, 0.3) is 0 Å². The summed E-state index contributed by atoms with van der Waals surface area (Å²) in [4.78, 5) is 4.34. The van der Waals surface area contributed by atoms with Crippen molar-refractivity contribution >= 4 is 24.5 Å². The van der Waals surface area contributed by atoms with Crippen molar-refractivity contribution in [2.75, 3.05) is 0 Å². The predicted molar refractivity (Wildman–Crippen MR) is 95.8 cm³/mol. The van der Waals surface area contributed by atoms with Gasteiger partial charge in [-0.15, -0.1) is 0 Å². The van der Waals surface area contributed by atoms with Gasteiger partial charge in [-0.2, -0.15) is 0 Å². The Labute approximate surface area is 142 Å². The van der Waals surface area contributed by atoms with Gasteiger partial charge in [0.2, 0.25) is 0 Å². The summed E-state index contributed by atoms with van der Waals surface area (Å²) in [5, 5.41) is 0. The number of rotatable bonds is 3. The second-order valence-corrected chi connectivity index (χ2v) is 6.99. The van der Waals surface area contributed by atoms with Gasteiger partial charge in [-0.05, 0) is 63.0 Å². The van der Waals surface area contributed by atoms with Crippen molar-refractivity contribution in [3.05, 3.63) is 59.9 Å². The zero-order valence-corrected chi connectivity index (χ0v) is 14.4. The van der Waals surface area contributed by atoms with Crippen LogP contribution >= 0.6 is 0 Å². The zero-order chi connectivity index (χ0) is 17.4. The fourth-order valence-electron chi connectivity index (χ4n) is 2.39. The lowest BCUT2D eigenvalue weighted by Crippen LogP contribution is -2.41. The van der Waals surface area contributed by atoms with Crippen LogP contribution in [0.4, 0.5) is 10.1 Å². The minimum atomic E-state index is -0.363. The first-order valence-corrected chi connectivity index (χ1v) is 8.02. The Hall–Kier alpha value is -1.98. The topological polar surface area (TPSA) is 30.8 Å². The highest BCUT2D eigenvalue weighted by atomic mass is 19.1. The summed E-state index contributed by atoms with van der Waals surface area (Å²) in [6, 6.07) is 14.0. The molecule has 0 spiro atoms. The van der Waals surface area contributed by atoms with Crippen molar-refractivity contribution in [1.29, 1.82) is 0 Å². The van der Waals surface area contributed by atoms with Gasteiger partial charge in [0.15, 0.2) is 0 Å². The number of nitrogens with zero attached hydrogens (tertiary/aromatic N) is 1. The van der Waals surface area contributed by atoms with Crippen LogP contribution < -0.4 is 5.46 Å². The average Bonchev–Trinajstić information content (AvgIpc) is 2.75. The van der Waals surface area contributed by atoms with E-state index in [0.717, 1.165) is 11.0 Å². The van der Waals surface area contributed by atoms with Gasteiger partial charge in [-0.25, -0.2) is 4.39 Å². The van der Waals surface area contributed by atoms with E-state index in [2.05, 4.69) is 4.99 Å². The highest BCUT2D eigenvalue weighted by Crippen LogP contribution is 2.36. The van der Waals surface area contributed by atoms with Gasteiger partial charge in [-0.3, -0.25) is 4.99 Å². The number of hydrogen-bond donors (Lipinski definition) is 0. The first-order chi connectivity index (χ1) is 11.3. The van der Waals surface area contributed by atoms with Crippen molar-refractivity contribution in [3.8, 4) is 0 Å². The van der Waals surface area contributed by atoms with Crippen LogP contribution in [0.2, 0.25) is 0 Å². The molecule has 3 nitrogen and oxygen atoms in total. The molecule has 1 aliphatic heterocycles. The van der Waals surface area contributed by atoms with E-state index >= 15 is 0 Å². The lowest BCUT2D eigenvalue weighted by molar-refractivity contribution is 0.00578. The second-order valence-electron chi connectivity index (χ2n) is 6.99. The second kappa shape index (κ2) is 6.15. The van der Waals surface area contributed by atoms with E-state index in [4.69, 9.17) is 9.31 Å². The van der Waals surface area contributed by atoms with E-state index in [-0.39, 0.29) is 24.1 Å². The largest absolute Gasteiger partial charge is 0.494 e. The Morgan fingerprint density at radius 3 is 1.96 bits per heavy atom. The van der Waals surface area contributed by atoms with Gasteiger partial charge in [0.25, 0.3) is 0 Å². The van der Waals surface area contributed by atoms with Gasteiger partial charge < -0.3 is 9.31 Å². The molecule has 0 bridgehead atoms. The molecule has 0 unspecified atom stereocenters. The summed E-state index contributed by atoms with van der Waals surface area (Å²) < 4.78 is 25.0. The van der Waals surface area contributed by atoms with Gasteiger partial charge in [0.1, 0.15) is 5.82 Å². The molecule has 3 rings (SSSR count). The van der Waals surface area contributed by atoms with Gasteiger partial charge >= 0.3 is 7.12 Å². The molecular formula is C19H21BFNO2. The molecule has 24 heavy (non-hydrogen) atoms. The van der Waals surface area contributed by atoms with Crippen LogP contribution in [0.5, 0.6) is 0 Å². The smallest absolute Gasteiger partial charge is 0.399 e. The lowest BCUT2D eigenvalue weighted by Gasteiger charge is -2.32. The quantitative estimate of drug-likeness (QED) is 0.633. The summed E-state index contributed by atoms with van der Waals surface area (Å²) in [6.45, 7) is 8.15. The highest BCUT2D eigenvalue weighted by molar-refractivity contribution is 6.62. The third kappa shape index (κ3) is 3.42. The van der Waals surface area contributed by atoms with Crippen molar-refractivity contribution in [2.24, 2.45) is 4.99 Å². The fourth-order valence-corrected chi connectivity index (χ4v) is 2.39. The SMILES string of the molecule is CC1(C)OB(c2ccc(C=Nc3ccc(F)cc3)cc2)OC1(C)C. The van der Waals surface area contributed by atoms with E-state index in [1.807, 2.05) is 52.0 Å². The first-order valence-electron chi connectivity index (χ1n) is 8.02. The fraction of sp³-hybridized carbons (Fsp3) is 0.316. The van der Waals surface area contributed by atoms with E-state index in [9.17, 15) is 4.39 Å². The molecule has 0 amide bonds. The maximum Gasteiger partial charge on any atom is 0.494 e. The molecule has 1 heterocycles. The summed E-state index contributed by atoms with van der Waals surface area (Å²) in [5.74, 6) is -0.263. The number of benzene rings is 2. The molecule has 2 aromatic carbocycles. The maximum absolute atomic E-state index is 12.9. The van der Waals surface area contributed by atoms with E-state index < -0.39 is 0 Å². The Bertz CT molecular complexity index is 723. The van der Waals surface area contributed by atoms with Crippen LogP contribution in [-0.4, -0.2) is 24.5 Å². The molecule has 0 aromatic heterocycles. The number of aliphatic imine (C=N–C) groups is 1. The Kier molecular flexibility index (Phi) is 4.32. The normalized spacial score (nSPS) is 19.1. The van der Waals surface area contributed by atoms with Crippen LogP contribution in [0.1, 0.15) is 33.3 Å². The highest BCUT2D eigenvalue weighted by Gasteiger charge is 2.51. The minimum Gasteiger partial charge on any atom is -0.399 e. The average molecular weight is 325 g/mol. The van der Waals surface area contributed by atoms with Gasteiger partial charge in [0, 0.05) is 6.21 Å². The van der Waals surface area contributed by atoms with Crippen LogP contribution in [0.3, 0.4) is 0 Å². The van der Waals surface area contributed by atoms with E-state index in [1.165, 1.54) is 12.1 Å². The zero-order valence-electron chi connectivity index (χ0n) is 14.4. The molecule has 0 saturated carbocycles. The Balaban J connectivity index is 1.71. The molecule has 1 saturated heterocycles. The maximum atomic E-state index is 12.9. The third-order valence-electron chi connectivity index (χ3n) is 4.65. The van der Waals surface area contributed by atoms with E-state index in [1.54, 1.807) is 18.3 Å². The number of halogens is 1. The molecule has 0 radical (unpaired) electrons.